The minimum atomic E-state index is -0.477. The van der Waals surface area contributed by atoms with Crippen LogP contribution in [0.4, 0.5) is 4.79 Å². The number of piperidine rings is 1. The number of benzene rings is 1. The number of hydrogen-bond donors (Lipinski definition) is 1. The zero-order chi connectivity index (χ0) is 19.6. The lowest BCUT2D eigenvalue weighted by Gasteiger charge is -2.34. The average Bonchev–Trinajstić information content (AvgIpc) is 2.91. The van der Waals surface area contributed by atoms with E-state index in [9.17, 15) is 19.5 Å². The van der Waals surface area contributed by atoms with Crippen LogP contribution in [0.15, 0.2) is 23.1 Å². The van der Waals surface area contributed by atoms with Crippen LogP contribution in [0.1, 0.15) is 31.7 Å². The van der Waals surface area contributed by atoms with Crippen molar-refractivity contribution in [3.8, 4) is 11.5 Å². The lowest BCUT2D eigenvalue weighted by Crippen LogP contribution is -2.47. The maximum absolute atomic E-state index is 12.6. The average molecular weight is 390 g/mol. The van der Waals surface area contributed by atoms with E-state index in [0.29, 0.717) is 12.1 Å². The number of rotatable bonds is 4. The number of carbonyl (C=O) groups is 3. The number of amides is 3. The van der Waals surface area contributed by atoms with Crippen molar-refractivity contribution in [2.75, 3.05) is 20.2 Å². The van der Waals surface area contributed by atoms with Crippen molar-refractivity contribution >= 4 is 34.9 Å². The Morgan fingerprint density at radius 2 is 2.15 bits per heavy atom. The summed E-state index contributed by atoms with van der Waals surface area (Å²) in [6, 6.07) is 4.78. The van der Waals surface area contributed by atoms with E-state index >= 15 is 0 Å². The number of nitrogens with zero attached hydrogens (tertiary/aromatic N) is 2. The van der Waals surface area contributed by atoms with Crippen LogP contribution in [-0.4, -0.2) is 58.2 Å². The van der Waals surface area contributed by atoms with E-state index in [1.54, 1.807) is 23.1 Å². The smallest absolute Gasteiger partial charge is 0.294 e. The summed E-state index contributed by atoms with van der Waals surface area (Å²) in [7, 11) is 1.43. The summed E-state index contributed by atoms with van der Waals surface area (Å²) in [5.74, 6) is -0.409. The van der Waals surface area contributed by atoms with Crippen molar-refractivity contribution in [2.45, 2.75) is 32.2 Å². The molecule has 0 unspecified atom stereocenters. The van der Waals surface area contributed by atoms with Crippen LogP contribution in [0.5, 0.6) is 11.5 Å². The number of aromatic hydroxyl groups is 1. The highest BCUT2D eigenvalue weighted by molar-refractivity contribution is 8.18. The lowest BCUT2D eigenvalue weighted by atomic mass is 10.0. The Hall–Kier alpha value is -2.48. The van der Waals surface area contributed by atoms with Gasteiger partial charge in [-0.25, -0.2) is 0 Å². The quantitative estimate of drug-likeness (QED) is 0.796. The van der Waals surface area contributed by atoms with Gasteiger partial charge in [-0.15, -0.1) is 0 Å². The van der Waals surface area contributed by atoms with Gasteiger partial charge in [0.05, 0.1) is 12.0 Å². The molecule has 1 N–H and O–H groups in total. The van der Waals surface area contributed by atoms with Gasteiger partial charge in [0.15, 0.2) is 11.5 Å². The second-order valence-corrected chi connectivity index (χ2v) is 7.62. The Kier molecular flexibility index (Phi) is 5.74. The molecule has 7 nitrogen and oxygen atoms in total. The number of methoxy groups -OCH3 is 1. The van der Waals surface area contributed by atoms with E-state index in [4.69, 9.17) is 4.74 Å². The minimum absolute atomic E-state index is 0.0102. The molecule has 2 fully saturated rings. The maximum Gasteiger partial charge on any atom is 0.294 e. The number of hydrogen-bond acceptors (Lipinski definition) is 6. The van der Waals surface area contributed by atoms with Gasteiger partial charge in [0.1, 0.15) is 6.54 Å². The molecule has 3 rings (SSSR count). The van der Waals surface area contributed by atoms with Crippen molar-refractivity contribution in [3.05, 3.63) is 28.7 Å². The Labute approximate surface area is 162 Å². The van der Waals surface area contributed by atoms with E-state index in [0.717, 1.165) is 35.9 Å². The highest BCUT2D eigenvalue weighted by atomic mass is 32.2. The summed E-state index contributed by atoms with van der Waals surface area (Å²) < 4.78 is 5.05. The van der Waals surface area contributed by atoms with Crippen molar-refractivity contribution in [1.29, 1.82) is 0 Å². The number of imide groups is 1. The van der Waals surface area contributed by atoms with Gasteiger partial charge in [0.25, 0.3) is 11.1 Å². The zero-order valence-electron chi connectivity index (χ0n) is 15.3. The van der Waals surface area contributed by atoms with Crippen LogP contribution in [0.2, 0.25) is 0 Å². The lowest BCUT2D eigenvalue weighted by molar-refractivity contribution is -0.138. The van der Waals surface area contributed by atoms with Crippen LogP contribution in [-0.2, 0) is 9.59 Å². The summed E-state index contributed by atoms with van der Waals surface area (Å²) in [5, 5.41) is 9.20. The van der Waals surface area contributed by atoms with E-state index < -0.39 is 11.1 Å². The fraction of sp³-hybridized carbons (Fsp3) is 0.421. The third kappa shape index (κ3) is 4.10. The first-order valence-electron chi connectivity index (χ1n) is 8.82. The number of ether oxygens (including phenoxy) is 1. The Balaban J connectivity index is 1.74. The first kappa shape index (κ1) is 19.3. The fourth-order valence-electron chi connectivity index (χ4n) is 3.27. The molecule has 0 bridgehead atoms. The number of phenolic OH excluding ortho intramolecular Hbond substituents is 1. The molecule has 2 aliphatic rings. The molecule has 0 radical (unpaired) electrons. The molecule has 1 atom stereocenters. The van der Waals surface area contributed by atoms with Gasteiger partial charge in [0, 0.05) is 12.6 Å². The van der Waals surface area contributed by atoms with E-state index in [2.05, 4.69) is 0 Å². The number of carbonyl (C=O) groups excluding carboxylic acids is 3. The predicted octanol–water partition coefficient (Wildman–Crippen LogP) is 2.84. The Morgan fingerprint density at radius 3 is 2.85 bits per heavy atom. The molecular formula is C19H22N2O5S. The molecule has 0 aromatic heterocycles. The van der Waals surface area contributed by atoms with Crippen LogP contribution in [0, 0.1) is 0 Å². The summed E-state index contributed by atoms with van der Waals surface area (Å²) >= 11 is 0.808. The van der Waals surface area contributed by atoms with Crippen LogP contribution >= 0.6 is 11.8 Å². The maximum atomic E-state index is 12.6. The molecule has 144 valence electrons. The van der Waals surface area contributed by atoms with Gasteiger partial charge in [-0.05, 0) is 61.7 Å². The fourth-order valence-corrected chi connectivity index (χ4v) is 4.10. The van der Waals surface area contributed by atoms with Gasteiger partial charge < -0.3 is 14.7 Å². The SMILES string of the molecule is COc1cc(/C=C2\SC(=O)N(CC(=O)N3CCCC[C@H]3C)C2=O)ccc1O. The van der Waals surface area contributed by atoms with Gasteiger partial charge in [0.2, 0.25) is 5.91 Å². The number of thioether (sulfide) groups is 1. The van der Waals surface area contributed by atoms with Crippen molar-refractivity contribution < 1.29 is 24.2 Å². The van der Waals surface area contributed by atoms with E-state index in [-0.39, 0.29) is 34.9 Å². The molecule has 0 aliphatic carbocycles. The molecule has 2 saturated heterocycles. The van der Waals surface area contributed by atoms with Crippen molar-refractivity contribution in [1.82, 2.24) is 9.80 Å². The number of likely N-dealkylation sites (tertiary alicyclic amines) is 1. The third-order valence-electron chi connectivity index (χ3n) is 4.79. The molecule has 2 heterocycles. The van der Waals surface area contributed by atoms with Gasteiger partial charge in [-0.1, -0.05) is 6.07 Å². The van der Waals surface area contributed by atoms with Crippen LogP contribution in [0.25, 0.3) is 6.08 Å². The first-order chi connectivity index (χ1) is 12.9. The molecule has 2 aliphatic heterocycles. The zero-order valence-corrected chi connectivity index (χ0v) is 16.1. The Morgan fingerprint density at radius 1 is 1.37 bits per heavy atom. The second kappa shape index (κ2) is 8.04. The van der Waals surface area contributed by atoms with Crippen molar-refractivity contribution in [3.63, 3.8) is 0 Å². The van der Waals surface area contributed by atoms with Crippen molar-refractivity contribution in [2.24, 2.45) is 0 Å². The first-order valence-corrected chi connectivity index (χ1v) is 9.64. The topological polar surface area (TPSA) is 87.2 Å². The summed E-state index contributed by atoms with van der Waals surface area (Å²) in [6.07, 6.45) is 4.53. The van der Waals surface area contributed by atoms with Gasteiger partial charge in [-0.3, -0.25) is 19.3 Å². The second-order valence-electron chi connectivity index (χ2n) is 6.63. The molecule has 0 saturated carbocycles. The molecular weight excluding hydrogens is 368 g/mol. The van der Waals surface area contributed by atoms with E-state index in [1.165, 1.54) is 13.2 Å². The predicted molar refractivity (Wildman–Crippen MR) is 102 cm³/mol. The highest BCUT2D eigenvalue weighted by Crippen LogP contribution is 2.34. The monoisotopic (exact) mass is 390 g/mol. The molecule has 0 spiro atoms. The third-order valence-corrected chi connectivity index (χ3v) is 5.70. The van der Waals surface area contributed by atoms with E-state index in [1.807, 2.05) is 6.92 Å². The van der Waals surface area contributed by atoms with Gasteiger partial charge in [-0.2, -0.15) is 0 Å². The number of phenols is 1. The molecule has 3 amide bonds. The summed E-state index contributed by atoms with van der Waals surface area (Å²) in [5.41, 5.74) is 0.617. The molecule has 8 heteroatoms. The van der Waals surface area contributed by atoms with Crippen LogP contribution < -0.4 is 4.74 Å². The van der Waals surface area contributed by atoms with Crippen LogP contribution in [0.3, 0.4) is 0 Å². The largest absolute Gasteiger partial charge is 0.504 e. The molecule has 1 aromatic carbocycles. The standard InChI is InChI=1S/C19H22N2O5S/c1-12-5-3-4-8-20(12)17(23)11-21-18(24)16(27-19(21)25)10-13-6-7-14(22)15(9-13)26-2/h6-7,9-10,12,22H,3-5,8,11H2,1-2H3/b16-10-/t12-/m1/s1. The minimum Gasteiger partial charge on any atom is -0.504 e. The highest BCUT2D eigenvalue weighted by Gasteiger charge is 2.37. The summed E-state index contributed by atoms with van der Waals surface area (Å²) in [4.78, 5) is 40.4. The Bertz CT molecular complexity index is 807. The summed E-state index contributed by atoms with van der Waals surface area (Å²) in [6.45, 7) is 2.42. The normalized spacial score (nSPS) is 21.9. The molecule has 1 aromatic rings. The molecule has 27 heavy (non-hydrogen) atoms. The van der Waals surface area contributed by atoms with Gasteiger partial charge >= 0.3 is 0 Å².